The number of hydrogen-bond acceptors (Lipinski definition) is 3. The first kappa shape index (κ1) is 26.4. The van der Waals surface area contributed by atoms with Gasteiger partial charge in [-0.25, -0.2) is 17.6 Å². The Hall–Kier alpha value is -3.17. The Balaban J connectivity index is 1.14. The van der Waals surface area contributed by atoms with Crippen LogP contribution in [0.5, 0.6) is 0 Å². The lowest BCUT2D eigenvalue weighted by molar-refractivity contribution is -0.127. The average molecular weight is 530 g/mol. The third kappa shape index (κ3) is 5.49. The summed E-state index contributed by atoms with van der Waals surface area (Å²) in [6, 6.07) is 6.51. The topological polar surface area (TPSA) is 59.6 Å². The van der Waals surface area contributed by atoms with E-state index < -0.39 is 17.5 Å². The van der Waals surface area contributed by atoms with Gasteiger partial charge in [0.2, 0.25) is 5.91 Å². The molecule has 9 heteroatoms. The molecule has 0 saturated carbocycles. The SMILES string of the molecule is O=C(C=Cc1cc(F)c(F)c(F)c1)N1CCC(C(CO)N2CCC(c3c[nH]c4ccc(F)cc34)CC2)CC1. The van der Waals surface area contributed by atoms with Crippen molar-refractivity contribution >= 4 is 22.9 Å². The smallest absolute Gasteiger partial charge is 0.246 e. The lowest BCUT2D eigenvalue weighted by atomic mass is 9.84. The molecule has 0 bridgehead atoms. The maximum atomic E-state index is 13.8. The summed E-state index contributed by atoms with van der Waals surface area (Å²) in [5.41, 5.74) is 2.15. The Morgan fingerprint density at radius 2 is 1.68 bits per heavy atom. The number of carbonyl (C=O) groups excluding carboxylic acids is 1. The molecule has 1 unspecified atom stereocenters. The van der Waals surface area contributed by atoms with Crippen LogP contribution in [0.1, 0.15) is 42.7 Å². The van der Waals surface area contributed by atoms with Crippen LogP contribution in [0.15, 0.2) is 42.6 Å². The van der Waals surface area contributed by atoms with Crippen LogP contribution in [0.4, 0.5) is 17.6 Å². The van der Waals surface area contributed by atoms with E-state index in [0.29, 0.717) is 19.0 Å². The van der Waals surface area contributed by atoms with Crippen LogP contribution in [0, 0.1) is 29.2 Å². The van der Waals surface area contributed by atoms with E-state index in [9.17, 15) is 27.5 Å². The van der Waals surface area contributed by atoms with E-state index in [1.807, 2.05) is 6.20 Å². The van der Waals surface area contributed by atoms with Gasteiger partial charge in [-0.3, -0.25) is 9.69 Å². The van der Waals surface area contributed by atoms with Crippen molar-refractivity contribution in [2.24, 2.45) is 5.92 Å². The van der Waals surface area contributed by atoms with Gasteiger partial charge in [0.25, 0.3) is 0 Å². The summed E-state index contributed by atoms with van der Waals surface area (Å²) >= 11 is 0. The molecule has 3 aromatic rings. The van der Waals surface area contributed by atoms with Gasteiger partial charge in [-0.05, 0) is 98.1 Å². The fourth-order valence-corrected chi connectivity index (χ4v) is 6.01. The zero-order chi connectivity index (χ0) is 26.8. The average Bonchev–Trinajstić information content (AvgIpc) is 3.34. The molecule has 5 nitrogen and oxygen atoms in total. The Bertz CT molecular complexity index is 1300. The first-order valence-electron chi connectivity index (χ1n) is 13.1. The van der Waals surface area contributed by atoms with Gasteiger partial charge in [-0.2, -0.15) is 0 Å². The zero-order valence-corrected chi connectivity index (χ0v) is 21.0. The van der Waals surface area contributed by atoms with Crippen LogP contribution in [0.25, 0.3) is 17.0 Å². The van der Waals surface area contributed by atoms with Gasteiger partial charge in [0.15, 0.2) is 17.5 Å². The number of carbonyl (C=O) groups is 1. The van der Waals surface area contributed by atoms with Crippen LogP contribution in [0.2, 0.25) is 0 Å². The van der Waals surface area contributed by atoms with Crippen molar-refractivity contribution < 1.29 is 27.5 Å². The number of nitrogens with one attached hydrogen (secondary N) is 1. The maximum Gasteiger partial charge on any atom is 0.246 e. The minimum atomic E-state index is -1.54. The van der Waals surface area contributed by atoms with Gasteiger partial charge in [-0.15, -0.1) is 0 Å². The van der Waals surface area contributed by atoms with Crippen molar-refractivity contribution in [2.75, 3.05) is 32.8 Å². The molecular formula is C29H31F4N3O2. The number of nitrogens with zero attached hydrogens (tertiary/aromatic N) is 2. The van der Waals surface area contributed by atoms with E-state index in [1.54, 1.807) is 17.0 Å². The maximum absolute atomic E-state index is 13.8. The largest absolute Gasteiger partial charge is 0.395 e. The number of halogens is 4. The second-order valence-electron chi connectivity index (χ2n) is 10.3. The summed E-state index contributed by atoms with van der Waals surface area (Å²) in [6.07, 6.45) is 7.84. The van der Waals surface area contributed by atoms with E-state index in [2.05, 4.69) is 9.88 Å². The number of piperidine rings is 2. The number of aliphatic hydroxyl groups is 1. The van der Waals surface area contributed by atoms with E-state index >= 15 is 0 Å². The van der Waals surface area contributed by atoms with E-state index in [-0.39, 0.29) is 35.9 Å². The Kier molecular flexibility index (Phi) is 7.85. The molecule has 3 heterocycles. The highest BCUT2D eigenvalue weighted by molar-refractivity contribution is 5.91. The summed E-state index contributed by atoms with van der Waals surface area (Å²) in [4.78, 5) is 19.9. The second-order valence-corrected chi connectivity index (χ2v) is 10.3. The van der Waals surface area contributed by atoms with Crippen LogP contribution >= 0.6 is 0 Å². The monoisotopic (exact) mass is 529 g/mol. The highest BCUT2D eigenvalue weighted by Crippen LogP contribution is 2.35. The molecule has 2 saturated heterocycles. The molecule has 0 aliphatic carbocycles. The van der Waals surface area contributed by atoms with Gasteiger partial charge >= 0.3 is 0 Å². The minimum absolute atomic E-state index is 0.00863. The summed E-state index contributed by atoms with van der Waals surface area (Å²) in [7, 11) is 0. The Morgan fingerprint density at radius 3 is 2.34 bits per heavy atom. The lowest BCUT2D eigenvalue weighted by Crippen LogP contribution is -2.50. The molecule has 1 amide bonds. The molecule has 0 spiro atoms. The molecule has 0 radical (unpaired) electrons. The number of likely N-dealkylation sites (tertiary alicyclic amines) is 2. The van der Waals surface area contributed by atoms with Gasteiger partial charge in [0.1, 0.15) is 5.82 Å². The fraction of sp³-hybridized carbons (Fsp3) is 0.414. The summed E-state index contributed by atoms with van der Waals surface area (Å²) in [5, 5.41) is 11.2. The molecule has 5 rings (SSSR count). The predicted molar refractivity (Wildman–Crippen MR) is 137 cm³/mol. The van der Waals surface area contributed by atoms with E-state index in [1.165, 1.54) is 18.2 Å². The van der Waals surface area contributed by atoms with Crippen LogP contribution in [-0.2, 0) is 4.79 Å². The molecule has 38 heavy (non-hydrogen) atoms. The number of fused-ring (bicyclic) bond motifs is 1. The second kappa shape index (κ2) is 11.3. The predicted octanol–water partition coefficient (Wildman–Crippen LogP) is 5.22. The highest BCUT2D eigenvalue weighted by Gasteiger charge is 2.34. The van der Waals surface area contributed by atoms with Gasteiger partial charge in [0, 0.05) is 42.3 Å². The van der Waals surface area contributed by atoms with Crippen molar-refractivity contribution in [1.82, 2.24) is 14.8 Å². The molecule has 2 aliphatic rings. The third-order valence-corrected chi connectivity index (χ3v) is 8.12. The first-order chi connectivity index (χ1) is 18.3. The van der Waals surface area contributed by atoms with Crippen molar-refractivity contribution in [1.29, 1.82) is 0 Å². The van der Waals surface area contributed by atoms with Crippen LogP contribution < -0.4 is 0 Å². The number of aromatic amines is 1. The molecule has 1 aromatic heterocycles. The number of H-pyrrole nitrogens is 1. The number of rotatable bonds is 6. The number of hydrogen-bond donors (Lipinski definition) is 2. The number of amides is 1. The Labute approximate surface area is 218 Å². The molecular weight excluding hydrogens is 498 g/mol. The van der Waals surface area contributed by atoms with Gasteiger partial charge in [0.05, 0.1) is 6.61 Å². The lowest BCUT2D eigenvalue weighted by Gasteiger charge is -2.43. The Morgan fingerprint density at radius 1 is 1.00 bits per heavy atom. The zero-order valence-electron chi connectivity index (χ0n) is 21.0. The summed E-state index contributed by atoms with van der Waals surface area (Å²) in [6.45, 7) is 2.76. The number of aliphatic hydroxyl groups excluding tert-OH is 1. The molecule has 202 valence electrons. The number of aromatic nitrogens is 1. The molecule has 2 N–H and O–H groups in total. The minimum Gasteiger partial charge on any atom is -0.395 e. The van der Waals surface area contributed by atoms with Gasteiger partial charge < -0.3 is 15.0 Å². The molecule has 2 aromatic carbocycles. The molecule has 2 fully saturated rings. The normalized spacial score (nSPS) is 19.0. The van der Waals surface area contributed by atoms with Crippen molar-refractivity contribution in [2.45, 2.75) is 37.6 Å². The quantitative estimate of drug-likeness (QED) is 0.262. The third-order valence-electron chi connectivity index (χ3n) is 8.12. The van der Waals surface area contributed by atoms with Crippen molar-refractivity contribution in [3.8, 4) is 0 Å². The van der Waals surface area contributed by atoms with E-state index in [0.717, 1.165) is 67.4 Å². The van der Waals surface area contributed by atoms with Crippen LogP contribution in [0.3, 0.4) is 0 Å². The van der Waals surface area contributed by atoms with Crippen molar-refractivity contribution in [3.63, 3.8) is 0 Å². The highest BCUT2D eigenvalue weighted by atomic mass is 19.2. The molecule has 1 atom stereocenters. The van der Waals surface area contributed by atoms with Crippen molar-refractivity contribution in [3.05, 3.63) is 77.0 Å². The first-order valence-corrected chi connectivity index (χ1v) is 13.1. The van der Waals surface area contributed by atoms with E-state index in [4.69, 9.17) is 0 Å². The summed E-state index contributed by atoms with van der Waals surface area (Å²) < 4.78 is 53.8. The van der Waals surface area contributed by atoms with Gasteiger partial charge in [-0.1, -0.05) is 0 Å². The summed E-state index contributed by atoms with van der Waals surface area (Å²) in [5.74, 6) is -4.08. The standard InChI is InChI=1S/C29H31F4N3O2/c30-21-2-3-26-22(15-21)23(16-34-26)19-5-9-35(10-6-19)27(17-37)20-7-11-36(12-8-20)28(38)4-1-18-13-24(31)29(33)25(32)14-18/h1-4,13-16,19-20,27,34,37H,5-12,17H2. The number of benzene rings is 2. The van der Waals surface area contributed by atoms with Crippen LogP contribution in [-0.4, -0.2) is 64.6 Å². The fourth-order valence-electron chi connectivity index (χ4n) is 6.01. The molecule has 2 aliphatic heterocycles.